The molecular weight excluding hydrogens is 310 g/mol. The van der Waals surface area contributed by atoms with E-state index in [0.29, 0.717) is 0 Å². The Hall–Kier alpha value is -3.60. The molecule has 2 aromatic rings. The van der Waals surface area contributed by atoms with E-state index in [1.165, 1.54) is 6.92 Å². The maximum atomic E-state index is 12.4. The van der Waals surface area contributed by atoms with Crippen LogP contribution in [-0.2, 0) is 6.54 Å². The lowest BCUT2D eigenvalue weighted by Crippen LogP contribution is -2.27. The number of urea groups is 1. The number of hydrazone groups is 1. The van der Waals surface area contributed by atoms with Crippen LogP contribution >= 0.6 is 0 Å². The lowest BCUT2D eigenvalue weighted by Gasteiger charge is -2.14. The van der Waals surface area contributed by atoms with Crippen molar-refractivity contribution in [2.45, 2.75) is 13.5 Å². The summed E-state index contributed by atoms with van der Waals surface area (Å²) >= 11 is 0. The molecule has 1 aromatic carbocycles. The molecule has 8 heteroatoms. The molecule has 0 fully saturated rings. The first-order chi connectivity index (χ1) is 11.5. The predicted octanol–water partition coefficient (Wildman–Crippen LogP) is 0.785. The number of amides is 2. The minimum absolute atomic E-state index is 0.0879. The molecule has 0 unspecified atom stereocenters. The normalized spacial score (nSPS) is 10.5. The van der Waals surface area contributed by atoms with Gasteiger partial charge < -0.3 is 10.8 Å². The van der Waals surface area contributed by atoms with Gasteiger partial charge in [-0.3, -0.25) is 9.36 Å². The summed E-state index contributed by atoms with van der Waals surface area (Å²) in [5.41, 5.74) is 7.39. The Morgan fingerprint density at radius 1 is 1.46 bits per heavy atom. The second-order valence-corrected chi connectivity index (χ2v) is 4.96. The third kappa shape index (κ3) is 3.41. The summed E-state index contributed by atoms with van der Waals surface area (Å²) in [4.78, 5) is 23.1. The van der Waals surface area contributed by atoms with Crippen LogP contribution in [0.4, 0.5) is 4.79 Å². The molecule has 0 atom stereocenters. The molecule has 2 rings (SSSR count). The quantitative estimate of drug-likeness (QED) is 0.566. The van der Waals surface area contributed by atoms with Crippen LogP contribution in [-0.4, -0.2) is 21.9 Å². The van der Waals surface area contributed by atoms with Crippen LogP contribution in [0.25, 0.3) is 0 Å². The number of primary amides is 1. The molecule has 0 aliphatic carbocycles. The number of pyridine rings is 1. The van der Waals surface area contributed by atoms with Gasteiger partial charge >= 0.3 is 6.03 Å². The van der Waals surface area contributed by atoms with Gasteiger partial charge in [0.15, 0.2) is 0 Å². The molecule has 8 nitrogen and oxygen atoms in total. The number of carbonyl (C=O) groups excluding carboxylic acids is 1. The number of hydrogen-bond acceptors (Lipinski definition) is 5. The van der Waals surface area contributed by atoms with Gasteiger partial charge in [-0.15, -0.1) is 0 Å². The number of benzene rings is 1. The van der Waals surface area contributed by atoms with E-state index in [4.69, 9.17) is 5.73 Å². The van der Waals surface area contributed by atoms with Gasteiger partial charge in [-0.1, -0.05) is 30.3 Å². The highest BCUT2D eigenvalue weighted by Gasteiger charge is 2.18. The predicted molar refractivity (Wildman–Crippen MR) is 87.7 cm³/mol. The first-order valence-corrected chi connectivity index (χ1v) is 6.94. The largest absolute Gasteiger partial charge is 0.494 e. The standard InChI is InChI=1S/C16H15N5O3/c1-10-12(7-17)14(22)21(9-11-5-3-2-4-6-11)15(23)13(10)8-19-20-16(18)24/h2-6,8,23H,9H2,1H3,(H3,18,20,24). The number of nitrogens with one attached hydrogen (secondary N) is 1. The molecule has 4 N–H and O–H groups in total. The third-order valence-electron chi connectivity index (χ3n) is 3.40. The fraction of sp³-hybridized carbons (Fsp3) is 0.125. The molecule has 0 radical (unpaired) electrons. The summed E-state index contributed by atoms with van der Waals surface area (Å²) < 4.78 is 1.08. The van der Waals surface area contributed by atoms with Gasteiger partial charge in [0.1, 0.15) is 11.6 Å². The van der Waals surface area contributed by atoms with Gasteiger partial charge in [-0.2, -0.15) is 10.4 Å². The Labute approximate surface area is 137 Å². The van der Waals surface area contributed by atoms with Crippen LogP contribution in [0.5, 0.6) is 5.88 Å². The minimum Gasteiger partial charge on any atom is -0.494 e. The van der Waals surface area contributed by atoms with Crippen LogP contribution in [0.1, 0.15) is 22.3 Å². The maximum absolute atomic E-state index is 12.4. The highest BCUT2D eigenvalue weighted by atomic mass is 16.3. The monoisotopic (exact) mass is 325 g/mol. The van der Waals surface area contributed by atoms with Crippen molar-refractivity contribution in [3.05, 3.63) is 62.9 Å². The first-order valence-electron chi connectivity index (χ1n) is 6.94. The summed E-state index contributed by atoms with van der Waals surface area (Å²) in [7, 11) is 0. The van der Waals surface area contributed by atoms with Crippen LogP contribution in [0.3, 0.4) is 0 Å². The average molecular weight is 325 g/mol. The van der Waals surface area contributed by atoms with Gasteiger partial charge in [-0.25, -0.2) is 10.2 Å². The van der Waals surface area contributed by atoms with E-state index >= 15 is 0 Å². The summed E-state index contributed by atoms with van der Waals surface area (Å²) in [5.74, 6) is -0.352. The molecule has 122 valence electrons. The summed E-state index contributed by atoms with van der Waals surface area (Å²) in [6.45, 7) is 1.60. The van der Waals surface area contributed by atoms with Crippen molar-refractivity contribution in [2.24, 2.45) is 10.8 Å². The van der Waals surface area contributed by atoms with Crippen LogP contribution in [0.2, 0.25) is 0 Å². The Morgan fingerprint density at radius 3 is 2.71 bits per heavy atom. The zero-order valence-electron chi connectivity index (χ0n) is 12.9. The smallest absolute Gasteiger partial charge is 0.332 e. The highest BCUT2D eigenvalue weighted by Crippen LogP contribution is 2.20. The Morgan fingerprint density at radius 2 is 2.12 bits per heavy atom. The topological polar surface area (TPSA) is 133 Å². The van der Waals surface area contributed by atoms with E-state index in [-0.39, 0.29) is 29.1 Å². The van der Waals surface area contributed by atoms with Gasteiger partial charge in [-0.05, 0) is 18.1 Å². The van der Waals surface area contributed by atoms with Crippen molar-refractivity contribution in [1.82, 2.24) is 9.99 Å². The Kier molecular flexibility index (Phi) is 4.96. The fourth-order valence-electron chi connectivity index (χ4n) is 2.20. The van der Waals surface area contributed by atoms with Gasteiger partial charge in [0, 0.05) is 0 Å². The number of hydrogen-bond donors (Lipinski definition) is 3. The van der Waals surface area contributed by atoms with Crippen LogP contribution in [0.15, 0.2) is 40.2 Å². The van der Waals surface area contributed by atoms with Crippen molar-refractivity contribution in [1.29, 1.82) is 5.26 Å². The van der Waals surface area contributed by atoms with E-state index in [1.807, 2.05) is 17.6 Å². The van der Waals surface area contributed by atoms with Crippen molar-refractivity contribution >= 4 is 12.2 Å². The molecule has 24 heavy (non-hydrogen) atoms. The molecule has 1 heterocycles. The molecule has 0 bridgehead atoms. The second-order valence-electron chi connectivity index (χ2n) is 4.96. The zero-order valence-corrected chi connectivity index (χ0v) is 12.9. The van der Waals surface area contributed by atoms with E-state index in [0.717, 1.165) is 16.3 Å². The minimum atomic E-state index is -0.874. The molecule has 2 amide bonds. The van der Waals surface area contributed by atoms with E-state index < -0.39 is 11.6 Å². The SMILES string of the molecule is Cc1c(C=NNC(N)=O)c(O)n(Cc2ccccc2)c(=O)c1C#N. The van der Waals surface area contributed by atoms with Crippen LogP contribution in [0, 0.1) is 18.3 Å². The Balaban J connectivity index is 2.58. The number of nitrogens with two attached hydrogens (primary N) is 1. The maximum Gasteiger partial charge on any atom is 0.332 e. The summed E-state index contributed by atoms with van der Waals surface area (Å²) in [6, 6.07) is 9.98. The fourth-order valence-corrected chi connectivity index (χ4v) is 2.20. The van der Waals surface area contributed by atoms with Crippen molar-refractivity contribution in [2.75, 3.05) is 0 Å². The number of nitriles is 1. The molecule has 0 saturated carbocycles. The summed E-state index contributed by atoms with van der Waals surface area (Å²) in [5, 5.41) is 23.2. The molecule has 0 aliphatic heterocycles. The number of aromatic nitrogens is 1. The highest BCUT2D eigenvalue weighted by molar-refractivity contribution is 5.86. The number of nitrogens with zero attached hydrogens (tertiary/aromatic N) is 3. The van der Waals surface area contributed by atoms with Crippen molar-refractivity contribution < 1.29 is 9.90 Å². The lowest BCUT2D eigenvalue weighted by atomic mass is 10.1. The number of carbonyl (C=O) groups is 1. The number of aromatic hydroxyl groups is 1. The van der Waals surface area contributed by atoms with Gasteiger partial charge in [0.2, 0.25) is 5.88 Å². The molecule has 0 aliphatic rings. The lowest BCUT2D eigenvalue weighted by molar-refractivity contribution is 0.249. The average Bonchev–Trinajstić information content (AvgIpc) is 2.56. The first kappa shape index (κ1) is 16.8. The number of rotatable bonds is 4. The second kappa shape index (κ2) is 7.11. The van der Waals surface area contributed by atoms with E-state index in [2.05, 4.69) is 5.10 Å². The van der Waals surface area contributed by atoms with Crippen LogP contribution < -0.4 is 16.7 Å². The van der Waals surface area contributed by atoms with Gasteiger partial charge in [0.25, 0.3) is 5.56 Å². The third-order valence-corrected chi connectivity index (χ3v) is 3.40. The molecular formula is C16H15N5O3. The summed E-state index contributed by atoms with van der Waals surface area (Å²) in [6.07, 6.45) is 1.14. The Bertz CT molecular complexity index is 895. The zero-order chi connectivity index (χ0) is 17.7. The van der Waals surface area contributed by atoms with E-state index in [9.17, 15) is 20.0 Å². The molecule has 1 aromatic heterocycles. The van der Waals surface area contributed by atoms with Crippen molar-refractivity contribution in [3.63, 3.8) is 0 Å². The van der Waals surface area contributed by atoms with Gasteiger partial charge in [0.05, 0.1) is 18.3 Å². The molecule has 0 spiro atoms. The van der Waals surface area contributed by atoms with E-state index in [1.54, 1.807) is 24.3 Å². The van der Waals surface area contributed by atoms with Crippen molar-refractivity contribution in [3.8, 4) is 11.9 Å². The molecule has 0 saturated heterocycles.